The molecule has 4 heteroatoms. The van der Waals surface area contributed by atoms with Crippen LogP contribution in [-0.4, -0.2) is 30.3 Å². The molecule has 0 bridgehead atoms. The molecule has 1 aromatic rings. The number of Topliss-reactive ketones (excluding diaryl/α,β-unsaturated/α-hetero) is 1. The van der Waals surface area contributed by atoms with Crippen LogP contribution in [0.5, 0.6) is 0 Å². The van der Waals surface area contributed by atoms with E-state index in [0.717, 1.165) is 0 Å². The van der Waals surface area contributed by atoms with E-state index in [9.17, 15) is 9.18 Å². The van der Waals surface area contributed by atoms with Crippen molar-refractivity contribution in [1.82, 2.24) is 4.90 Å². The second-order valence-electron chi connectivity index (χ2n) is 3.71. The second kappa shape index (κ2) is 6.77. The molecule has 0 unspecified atom stereocenters. The van der Waals surface area contributed by atoms with Gasteiger partial charge in [-0.05, 0) is 18.7 Å². The highest BCUT2D eigenvalue weighted by atomic mass is 19.1. The summed E-state index contributed by atoms with van der Waals surface area (Å²) >= 11 is 0. The Bertz CT molecular complexity index is 426. The van der Waals surface area contributed by atoms with Crippen molar-refractivity contribution in [2.75, 3.05) is 19.6 Å². The van der Waals surface area contributed by atoms with Crippen LogP contribution < -0.4 is 0 Å². The number of nitriles is 1. The number of likely N-dealkylation sites (N-methyl/N-ethyl adjacent to an activating group) is 1. The average molecular weight is 234 g/mol. The molecule has 0 aliphatic heterocycles. The van der Waals surface area contributed by atoms with E-state index in [1.165, 1.54) is 18.2 Å². The third-order valence-electron chi connectivity index (χ3n) is 2.50. The van der Waals surface area contributed by atoms with Crippen molar-refractivity contribution in [1.29, 1.82) is 5.26 Å². The molecule has 0 aromatic heterocycles. The second-order valence-corrected chi connectivity index (χ2v) is 3.71. The first-order valence-electron chi connectivity index (χ1n) is 5.55. The standard InChI is InChI=1S/C13H15FN2O/c1-2-16(8-4-7-15)10-13(17)11-5-3-6-12(14)9-11/h3,5-6,9H,2,4,8,10H2,1H3. The molecule has 0 saturated heterocycles. The molecular weight excluding hydrogens is 219 g/mol. The molecule has 0 aliphatic carbocycles. The molecule has 0 amide bonds. The van der Waals surface area contributed by atoms with Crippen LogP contribution in [0.4, 0.5) is 4.39 Å². The Kier molecular flexibility index (Phi) is 5.31. The maximum atomic E-state index is 12.9. The van der Waals surface area contributed by atoms with Crippen LogP contribution >= 0.6 is 0 Å². The first kappa shape index (κ1) is 13.3. The minimum Gasteiger partial charge on any atom is -0.295 e. The fourth-order valence-electron chi connectivity index (χ4n) is 1.51. The van der Waals surface area contributed by atoms with Crippen LogP contribution in [0.25, 0.3) is 0 Å². The van der Waals surface area contributed by atoms with Crippen molar-refractivity contribution in [3.05, 3.63) is 35.6 Å². The summed E-state index contributed by atoms with van der Waals surface area (Å²) in [5.41, 5.74) is 0.375. The Morgan fingerprint density at radius 1 is 1.53 bits per heavy atom. The molecule has 0 heterocycles. The first-order valence-corrected chi connectivity index (χ1v) is 5.55. The molecule has 0 N–H and O–H groups in total. The highest BCUT2D eigenvalue weighted by Crippen LogP contribution is 2.05. The maximum absolute atomic E-state index is 12.9. The molecule has 90 valence electrons. The lowest BCUT2D eigenvalue weighted by molar-refractivity contribution is 0.0935. The fourth-order valence-corrected chi connectivity index (χ4v) is 1.51. The van der Waals surface area contributed by atoms with Crippen molar-refractivity contribution in [2.45, 2.75) is 13.3 Å². The predicted molar refractivity (Wildman–Crippen MR) is 63.1 cm³/mol. The molecule has 1 aromatic carbocycles. The van der Waals surface area contributed by atoms with Crippen LogP contribution in [0, 0.1) is 17.1 Å². The Morgan fingerprint density at radius 3 is 2.88 bits per heavy atom. The zero-order valence-corrected chi connectivity index (χ0v) is 9.82. The van der Waals surface area contributed by atoms with E-state index >= 15 is 0 Å². The SMILES string of the molecule is CCN(CCC#N)CC(=O)c1cccc(F)c1. The number of ketones is 1. The van der Waals surface area contributed by atoms with Crippen LogP contribution in [0.2, 0.25) is 0 Å². The van der Waals surface area contributed by atoms with Gasteiger partial charge in [0.1, 0.15) is 5.82 Å². The first-order chi connectivity index (χ1) is 8.17. The largest absolute Gasteiger partial charge is 0.295 e. The van der Waals surface area contributed by atoms with Crippen LogP contribution in [0.3, 0.4) is 0 Å². The topological polar surface area (TPSA) is 44.1 Å². The molecule has 17 heavy (non-hydrogen) atoms. The average Bonchev–Trinajstić information content (AvgIpc) is 2.34. The highest BCUT2D eigenvalue weighted by molar-refractivity contribution is 5.97. The Morgan fingerprint density at radius 2 is 2.29 bits per heavy atom. The zero-order chi connectivity index (χ0) is 12.7. The number of hydrogen-bond acceptors (Lipinski definition) is 3. The monoisotopic (exact) mass is 234 g/mol. The lowest BCUT2D eigenvalue weighted by Gasteiger charge is -2.17. The lowest BCUT2D eigenvalue weighted by Crippen LogP contribution is -2.30. The molecular formula is C13H15FN2O. The number of halogens is 1. The Hall–Kier alpha value is -1.73. The molecule has 3 nitrogen and oxygen atoms in total. The Balaban J connectivity index is 2.61. The van der Waals surface area contributed by atoms with Crippen molar-refractivity contribution >= 4 is 5.78 Å². The van der Waals surface area contributed by atoms with Gasteiger partial charge in [0, 0.05) is 18.5 Å². The summed E-state index contributed by atoms with van der Waals surface area (Å²) in [6.45, 7) is 3.41. The molecule has 1 rings (SSSR count). The van der Waals surface area contributed by atoms with Crippen molar-refractivity contribution in [3.63, 3.8) is 0 Å². The molecule has 0 aliphatic rings. The van der Waals surface area contributed by atoms with Crippen molar-refractivity contribution < 1.29 is 9.18 Å². The zero-order valence-electron chi connectivity index (χ0n) is 9.82. The molecule has 0 radical (unpaired) electrons. The predicted octanol–water partition coefficient (Wildman–Crippen LogP) is 2.24. The van der Waals surface area contributed by atoms with Gasteiger partial charge in [-0.2, -0.15) is 5.26 Å². The molecule has 0 fully saturated rings. The van der Waals surface area contributed by atoms with Gasteiger partial charge in [-0.25, -0.2) is 4.39 Å². The minimum atomic E-state index is -0.407. The summed E-state index contributed by atoms with van der Waals surface area (Å²) < 4.78 is 12.9. The van der Waals surface area contributed by atoms with Gasteiger partial charge in [0.05, 0.1) is 12.6 Å². The fraction of sp³-hybridized carbons (Fsp3) is 0.385. The number of benzene rings is 1. The van der Waals surface area contributed by atoms with E-state index in [1.807, 2.05) is 17.9 Å². The molecule has 0 spiro atoms. The number of carbonyl (C=O) groups excluding carboxylic acids is 1. The van der Waals surface area contributed by atoms with E-state index in [2.05, 4.69) is 0 Å². The summed E-state index contributed by atoms with van der Waals surface area (Å²) in [5, 5.41) is 8.49. The van der Waals surface area contributed by atoms with Crippen LogP contribution in [0.15, 0.2) is 24.3 Å². The number of nitrogens with zero attached hydrogens (tertiary/aromatic N) is 2. The quantitative estimate of drug-likeness (QED) is 0.709. The maximum Gasteiger partial charge on any atom is 0.176 e. The normalized spacial score (nSPS) is 10.2. The third kappa shape index (κ3) is 4.33. The van der Waals surface area contributed by atoms with E-state index < -0.39 is 5.82 Å². The molecule has 0 saturated carbocycles. The summed E-state index contributed by atoms with van der Waals surface area (Å²) in [6, 6.07) is 7.71. The smallest absolute Gasteiger partial charge is 0.176 e. The van der Waals surface area contributed by atoms with E-state index in [1.54, 1.807) is 6.07 Å². The van der Waals surface area contributed by atoms with E-state index in [0.29, 0.717) is 25.1 Å². The van der Waals surface area contributed by atoms with Gasteiger partial charge in [-0.3, -0.25) is 9.69 Å². The minimum absolute atomic E-state index is 0.121. The van der Waals surface area contributed by atoms with Crippen LogP contribution in [0.1, 0.15) is 23.7 Å². The number of hydrogen-bond donors (Lipinski definition) is 0. The lowest BCUT2D eigenvalue weighted by atomic mass is 10.1. The molecule has 0 atom stereocenters. The number of carbonyl (C=O) groups is 1. The summed E-state index contributed by atoms with van der Waals surface area (Å²) in [6.07, 6.45) is 0.393. The van der Waals surface area contributed by atoms with Gasteiger partial charge in [0.15, 0.2) is 5.78 Å². The van der Waals surface area contributed by atoms with E-state index in [4.69, 9.17) is 5.26 Å². The summed E-state index contributed by atoms with van der Waals surface area (Å²) in [5.74, 6) is -0.528. The third-order valence-corrected chi connectivity index (χ3v) is 2.50. The van der Waals surface area contributed by atoms with Gasteiger partial charge < -0.3 is 0 Å². The van der Waals surface area contributed by atoms with Crippen molar-refractivity contribution in [2.24, 2.45) is 0 Å². The van der Waals surface area contributed by atoms with Crippen LogP contribution in [-0.2, 0) is 0 Å². The van der Waals surface area contributed by atoms with Gasteiger partial charge >= 0.3 is 0 Å². The summed E-state index contributed by atoms with van der Waals surface area (Å²) in [7, 11) is 0. The highest BCUT2D eigenvalue weighted by Gasteiger charge is 2.11. The van der Waals surface area contributed by atoms with Gasteiger partial charge in [-0.1, -0.05) is 19.1 Å². The van der Waals surface area contributed by atoms with Gasteiger partial charge in [-0.15, -0.1) is 0 Å². The Labute approximate surface area is 100 Å². The van der Waals surface area contributed by atoms with Gasteiger partial charge in [0.25, 0.3) is 0 Å². The summed E-state index contributed by atoms with van der Waals surface area (Å²) in [4.78, 5) is 13.7. The van der Waals surface area contributed by atoms with Crippen molar-refractivity contribution in [3.8, 4) is 6.07 Å². The van der Waals surface area contributed by atoms with Gasteiger partial charge in [0.2, 0.25) is 0 Å². The van der Waals surface area contributed by atoms with E-state index in [-0.39, 0.29) is 12.3 Å². The number of rotatable bonds is 6.